The number of thiophene rings is 1. The van der Waals surface area contributed by atoms with Crippen molar-refractivity contribution in [2.45, 2.75) is 5.41 Å². The van der Waals surface area contributed by atoms with Crippen LogP contribution in [0, 0.1) is 0 Å². The van der Waals surface area contributed by atoms with E-state index in [9.17, 15) is 0 Å². The van der Waals surface area contributed by atoms with E-state index in [2.05, 4.69) is 188 Å². The molecule has 2 heterocycles. The van der Waals surface area contributed by atoms with Crippen LogP contribution in [-0.4, -0.2) is 9.97 Å². The summed E-state index contributed by atoms with van der Waals surface area (Å²) in [5.74, 6) is 0. The molecule has 2 nitrogen and oxygen atoms in total. The second-order valence-corrected chi connectivity index (χ2v) is 15.1. The van der Waals surface area contributed by atoms with Crippen LogP contribution >= 0.6 is 11.3 Å². The summed E-state index contributed by atoms with van der Waals surface area (Å²) in [4.78, 5) is 11.5. The standard InChI is InChI=1S/C51H32N2S/c1-4-14-34(15-5-1)48-47(52-49-43-21-11-13-23-45(43)54-50(49)53-48)35-26-24-33(25-27-35)36-28-30-40-37(32-36)29-31-42-41-20-10-12-22-44(41)51(46(40)42,38-16-6-2-7-17-38)39-18-8-3-9-19-39/h1-32H. The van der Waals surface area contributed by atoms with Crippen molar-refractivity contribution < 1.29 is 0 Å². The molecule has 11 rings (SSSR count). The van der Waals surface area contributed by atoms with E-state index in [4.69, 9.17) is 9.97 Å². The van der Waals surface area contributed by atoms with Gasteiger partial charge < -0.3 is 0 Å². The Morgan fingerprint density at radius 3 is 1.76 bits per heavy atom. The molecule has 2 aromatic heterocycles. The van der Waals surface area contributed by atoms with Crippen molar-refractivity contribution in [2.75, 3.05) is 0 Å². The molecule has 0 atom stereocenters. The molecule has 0 amide bonds. The lowest BCUT2D eigenvalue weighted by molar-refractivity contribution is 0.775. The first-order valence-electron chi connectivity index (χ1n) is 18.4. The molecule has 252 valence electrons. The van der Waals surface area contributed by atoms with Gasteiger partial charge in [0.2, 0.25) is 0 Å². The van der Waals surface area contributed by atoms with Crippen molar-refractivity contribution >= 4 is 42.5 Å². The lowest BCUT2D eigenvalue weighted by Crippen LogP contribution is -2.28. The third kappa shape index (κ3) is 4.59. The van der Waals surface area contributed by atoms with Gasteiger partial charge in [-0.2, -0.15) is 0 Å². The van der Waals surface area contributed by atoms with Crippen LogP contribution in [0.4, 0.5) is 0 Å². The second-order valence-electron chi connectivity index (χ2n) is 14.1. The van der Waals surface area contributed by atoms with Crippen LogP contribution in [-0.2, 0) is 5.41 Å². The van der Waals surface area contributed by atoms with E-state index in [-0.39, 0.29) is 0 Å². The van der Waals surface area contributed by atoms with Gasteiger partial charge in [0.15, 0.2) is 0 Å². The summed E-state index contributed by atoms with van der Waals surface area (Å²) < 4.78 is 1.20. The van der Waals surface area contributed by atoms with E-state index < -0.39 is 5.41 Å². The highest BCUT2D eigenvalue weighted by atomic mass is 32.1. The number of hydrogen-bond acceptors (Lipinski definition) is 3. The fourth-order valence-corrected chi connectivity index (χ4v) is 9.82. The quantitative estimate of drug-likeness (QED) is 0.178. The highest BCUT2D eigenvalue weighted by molar-refractivity contribution is 7.25. The zero-order valence-corrected chi connectivity index (χ0v) is 30.1. The minimum Gasteiger partial charge on any atom is -0.242 e. The monoisotopic (exact) mass is 704 g/mol. The van der Waals surface area contributed by atoms with Crippen molar-refractivity contribution in [3.05, 3.63) is 216 Å². The first-order valence-corrected chi connectivity index (χ1v) is 19.2. The maximum absolute atomic E-state index is 5.32. The van der Waals surface area contributed by atoms with Gasteiger partial charge in [0, 0.05) is 21.2 Å². The molecule has 0 radical (unpaired) electrons. The minimum absolute atomic E-state index is 0.441. The average molecular weight is 705 g/mol. The summed E-state index contributed by atoms with van der Waals surface area (Å²) in [6.45, 7) is 0. The molecule has 0 fully saturated rings. The summed E-state index contributed by atoms with van der Waals surface area (Å²) in [5.41, 5.74) is 14.6. The Morgan fingerprint density at radius 1 is 0.407 bits per heavy atom. The lowest BCUT2D eigenvalue weighted by Gasteiger charge is -2.34. The van der Waals surface area contributed by atoms with Crippen LogP contribution in [0.3, 0.4) is 0 Å². The highest BCUT2D eigenvalue weighted by Gasteiger charge is 2.46. The number of fused-ring (bicyclic) bond motifs is 8. The Balaban J connectivity index is 1.06. The molecule has 0 saturated heterocycles. The van der Waals surface area contributed by atoms with Crippen LogP contribution in [0.5, 0.6) is 0 Å². The average Bonchev–Trinajstić information content (AvgIpc) is 3.77. The number of rotatable bonds is 5. The van der Waals surface area contributed by atoms with Crippen LogP contribution in [0.25, 0.3) is 76.0 Å². The summed E-state index contributed by atoms with van der Waals surface area (Å²) in [6.07, 6.45) is 0. The first-order chi connectivity index (χ1) is 26.8. The predicted molar refractivity (Wildman–Crippen MR) is 226 cm³/mol. The maximum Gasteiger partial charge on any atom is 0.143 e. The molecule has 0 unspecified atom stereocenters. The molecule has 0 spiro atoms. The van der Waals surface area contributed by atoms with Crippen LogP contribution in [0.1, 0.15) is 22.3 Å². The van der Waals surface area contributed by atoms with E-state index in [1.165, 1.54) is 54.4 Å². The number of hydrogen-bond donors (Lipinski definition) is 0. The molecule has 0 N–H and O–H groups in total. The summed E-state index contributed by atoms with van der Waals surface area (Å²) in [6, 6.07) is 70.4. The molecule has 0 bridgehead atoms. The Bertz CT molecular complexity index is 2980. The number of nitrogens with zero attached hydrogens (tertiary/aromatic N) is 2. The molecular formula is C51H32N2S. The maximum atomic E-state index is 5.32. The summed E-state index contributed by atoms with van der Waals surface area (Å²) >= 11 is 1.70. The third-order valence-corrected chi connectivity index (χ3v) is 12.2. The molecule has 8 aromatic carbocycles. The van der Waals surface area contributed by atoms with Gasteiger partial charge in [-0.05, 0) is 67.4 Å². The van der Waals surface area contributed by atoms with Crippen molar-refractivity contribution in [1.82, 2.24) is 9.97 Å². The van der Waals surface area contributed by atoms with E-state index in [1.807, 2.05) is 6.07 Å². The molecular weight excluding hydrogens is 673 g/mol. The predicted octanol–water partition coefficient (Wildman–Crippen LogP) is 13.4. The molecule has 1 aliphatic rings. The van der Waals surface area contributed by atoms with Gasteiger partial charge in [0.25, 0.3) is 0 Å². The zero-order chi connectivity index (χ0) is 35.6. The fraction of sp³-hybridized carbons (Fsp3) is 0.0196. The first kappa shape index (κ1) is 30.9. The van der Waals surface area contributed by atoms with E-state index in [1.54, 1.807) is 11.3 Å². The van der Waals surface area contributed by atoms with Crippen molar-refractivity contribution in [3.8, 4) is 44.8 Å². The minimum atomic E-state index is -0.441. The van der Waals surface area contributed by atoms with Gasteiger partial charge in [-0.3, -0.25) is 0 Å². The van der Waals surface area contributed by atoms with Crippen molar-refractivity contribution in [2.24, 2.45) is 0 Å². The van der Waals surface area contributed by atoms with Crippen LogP contribution in [0.2, 0.25) is 0 Å². The van der Waals surface area contributed by atoms with Gasteiger partial charge in [-0.25, -0.2) is 9.97 Å². The van der Waals surface area contributed by atoms with Gasteiger partial charge in [-0.1, -0.05) is 182 Å². The Kier molecular flexibility index (Phi) is 6.98. The molecule has 54 heavy (non-hydrogen) atoms. The van der Waals surface area contributed by atoms with Gasteiger partial charge in [-0.15, -0.1) is 11.3 Å². The highest BCUT2D eigenvalue weighted by Crippen LogP contribution is 2.58. The van der Waals surface area contributed by atoms with E-state index in [0.29, 0.717) is 0 Å². The molecule has 1 aliphatic carbocycles. The van der Waals surface area contributed by atoms with Crippen LogP contribution in [0.15, 0.2) is 194 Å². The molecule has 0 aliphatic heterocycles. The topological polar surface area (TPSA) is 25.8 Å². The fourth-order valence-electron chi connectivity index (χ4n) is 8.80. The summed E-state index contributed by atoms with van der Waals surface area (Å²) in [5, 5.41) is 3.65. The Morgan fingerprint density at radius 2 is 1.00 bits per heavy atom. The smallest absolute Gasteiger partial charge is 0.143 e. The van der Waals surface area contributed by atoms with Gasteiger partial charge >= 0.3 is 0 Å². The van der Waals surface area contributed by atoms with Crippen molar-refractivity contribution in [1.29, 1.82) is 0 Å². The van der Waals surface area contributed by atoms with Gasteiger partial charge in [0.05, 0.1) is 16.8 Å². The lowest BCUT2D eigenvalue weighted by atomic mass is 9.66. The second kappa shape index (κ2) is 12.2. The third-order valence-electron chi connectivity index (χ3n) is 11.2. The Hall–Kier alpha value is -6.68. The normalized spacial score (nSPS) is 13.0. The van der Waals surface area contributed by atoms with E-state index >= 15 is 0 Å². The van der Waals surface area contributed by atoms with Crippen molar-refractivity contribution in [3.63, 3.8) is 0 Å². The molecule has 3 heteroatoms. The number of aromatic nitrogens is 2. The molecule has 0 saturated carbocycles. The SMILES string of the molecule is c1ccc(-c2nc3sc4ccccc4c3nc2-c2ccc(-c3ccc4c5c(ccc4c3)-c3ccccc3C5(c3ccccc3)c3ccccc3)cc2)cc1. The zero-order valence-electron chi connectivity index (χ0n) is 29.3. The van der Waals surface area contributed by atoms with Gasteiger partial charge in [0.1, 0.15) is 10.3 Å². The van der Waals surface area contributed by atoms with Crippen LogP contribution < -0.4 is 0 Å². The van der Waals surface area contributed by atoms with E-state index in [0.717, 1.165) is 43.8 Å². The Labute approximate surface area is 317 Å². The largest absolute Gasteiger partial charge is 0.242 e. The summed E-state index contributed by atoms with van der Waals surface area (Å²) in [7, 11) is 0. The molecule has 10 aromatic rings. The number of benzene rings is 8.